The van der Waals surface area contributed by atoms with Gasteiger partial charge in [0.2, 0.25) is 0 Å². The van der Waals surface area contributed by atoms with Crippen LogP contribution in [-0.4, -0.2) is 5.16 Å². The number of furan rings is 1. The monoisotopic (exact) mass is 332 g/mol. The van der Waals surface area contributed by atoms with E-state index in [1.54, 1.807) is 0 Å². The van der Waals surface area contributed by atoms with E-state index >= 15 is 0 Å². The molecule has 0 aliphatic rings. The molecule has 1 aromatic carbocycles. The van der Waals surface area contributed by atoms with Crippen LogP contribution in [0.3, 0.4) is 0 Å². The van der Waals surface area contributed by atoms with Crippen LogP contribution in [0.15, 0.2) is 43.7 Å². The summed E-state index contributed by atoms with van der Waals surface area (Å²) >= 11 is 3.46. The van der Waals surface area contributed by atoms with Gasteiger partial charge in [-0.25, -0.2) is 0 Å². The number of hydrogen-bond donors (Lipinski definition) is 1. The van der Waals surface area contributed by atoms with Crippen molar-refractivity contribution in [3.8, 4) is 22.5 Å². The summed E-state index contributed by atoms with van der Waals surface area (Å²) in [6.07, 6.45) is 0. The fraction of sp³-hybridized carbons (Fsp3) is 0.133. The van der Waals surface area contributed by atoms with Crippen LogP contribution in [0.5, 0.6) is 0 Å². The quantitative estimate of drug-likeness (QED) is 0.746. The molecule has 0 saturated heterocycles. The first-order chi connectivity index (χ1) is 9.56. The third kappa shape index (κ3) is 2.14. The van der Waals surface area contributed by atoms with Gasteiger partial charge in [-0.1, -0.05) is 33.2 Å². The highest BCUT2D eigenvalue weighted by atomic mass is 79.9. The number of halogens is 1. The summed E-state index contributed by atoms with van der Waals surface area (Å²) in [5, 5.41) is 3.90. The van der Waals surface area contributed by atoms with Crippen LogP contribution in [0, 0.1) is 13.8 Å². The Bertz CT molecular complexity index is 774. The molecule has 5 heteroatoms. The Morgan fingerprint density at radius 2 is 2.00 bits per heavy atom. The number of aromatic nitrogens is 1. The molecule has 3 rings (SSSR count). The summed E-state index contributed by atoms with van der Waals surface area (Å²) in [6, 6.07) is 9.79. The minimum atomic E-state index is 0.372. The maximum Gasteiger partial charge on any atom is 0.180 e. The first-order valence-electron chi connectivity index (χ1n) is 6.14. The summed E-state index contributed by atoms with van der Waals surface area (Å²) in [5.74, 6) is 2.62. The van der Waals surface area contributed by atoms with E-state index in [1.807, 2.05) is 44.2 Å². The lowest BCUT2D eigenvalue weighted by molar-refractivity contribution is 0.434. The lowest BCUT2D eigenvalue weighted by Gasteiger charge is -2.02. The van der Waals surface area contributed by atoms with Crippen LogP contribution in [0.2, 0.25) is 0 Å². The number of nitrogens with zero attached hydrogens (tertiary/aromatic N) is 1. The lowest BCUT2D eigenvalue weighted by atomic mass is 10.0. The number of benzene rings is 1. The molecule has 0 atom stereocenters. The first-order valence-corrected chi connectivity index (χ1v) is 6.94. The molecule has 4 nitrogen and oxygen atoms in total. The van der Waals surface area contributed by atoms with Gasteiger partial charge in [-0.05, 0) is 37.6 Å². The van der Waals surface area contributed by atoms with E-state index in [2.05, 4.69) is 21.1 Å². The summed E-state index contributed by atoms with van der Waals surface area (Å²) in [6.45, 7) is 3.79. The van der Waals surface area contributed by atoms with Gasteiger partial charge in [0.15, 0.2) is 11.6 Å². The standard InChI is InChI=1S/C15H13BrN2O2/c1-8-6-12(9(2)19-8)14-13(15(17)18-20-14)10-4-3-5-11(16)7-10/h3-7H,1-2H3,(H2,17,18). The van der Waals surface area contributed by atoms with Crippen molar-refractivity contribution in [1.29, 1.82) is 0 Å². The lowest BCUT2D eigenvalue weighted by Crippen LogP contribution is -1.89. The molecule has 2 N–H and O–H groups in total. The smallest absolute Gasteiger partial charge is 0.180 e. The molecular weight excluding hydrogens is 320 g/mol. The average Bonchev–Trinajstić information content (AvgIpc) is 2.92. The van der Waals surface area contributed by atoms with E-state index in [1.165, 1.54) is 0 Å². The van der Waals surface area contributed by atoms with Gasteiger partial charge in [-0.2, -0.15) is 0 Å². The van der Waals surface area contributed by atoms with Crippen LogP contribution >= 0.6 is 15.9 Å². The van der Waals surface area contributed by atoms with Crippen molar-refractivity contribution in [3.63, 3.8) is 0 Å². The molecule has 0 unspecified atom stereocenters. The van der Waals surface area contributed by atoms with E-state index in [4.69, 9.17) is 14.7 Å². The van der Waals surface area contributed by atoms with E-state index in [9.17, 15) is 0 Å². The molecule has 0 saturated carbocycles. The van der Waals surface area contributed by atoms with E-state index < -0.39 is 0 Å². The van der Waals surface area contributed by atoms with Gasteiger partial charge in [0.1, 0.15) is 11.5 Å². The molecule has 0 aliphatic heterocycles. The summed E-state index contributed by atoms with van der Waals surface area (Å²) < 4.78 is 11.9. The Balaban J connectivity index is 2.22. The molecule has 3 aromatic rings. The van der Waals surface area contributed by atoms with Gasteiger partial charge < -0.3 is 14.7 Å². The molecule has 102 valence electrons. The van der Waals surface area contributed by atoms with Gasteiger partial charge in [0.25, 0.3) is 0 Å². The minimum absolute atomic E-state index is 0.372. The Hall–Kier alpha value is -2.01. The number of hydrogen-bond acceptors (Lipinski definition) is 4. The third-order valence-electron chi connectivity index (χ3n) is 3.12. The van der Waals surface area contributed by atoms with Gasteiger partial charge >= 0.3 is 0 Å². The number of nitrogen functional groups attached to an aromatic ring is 1. The van der Waals surface area contributed by atoms with Crippen LogP contribution in [0.1, 0.15) is 11.5 Å². The van der Waals surface area contributed by atoms with Gasteiger partial charge in [0.05, 0.1) is 11.1 Å². The second-order valence-corrected chi connectivity index (χ2v) is 5.52. The van der Waals surface area contributed by atoms with E-state index in [0.717, 1.165) is 32.7 Å². The van der Waals surface area contributed by atoms with Crippen LogP contribution in [-0.2, 0) is 0 Å². The second kappa shape index (κ2) is 4.83. The van der Waals surface area contributed by atoms with Crippen LogP contribution in [0.4, 0.5) is 5.82 Å². The predicted octanol–water partition coefficient (Wildman–Crippen LogP) is 4.56. The molecule has 0 fully saturated rings. The molecule has 0 radical (unpaired) electrons. The maximum atomic E-state index is 5.97. The molecule has 0 bridgehead atoms. The van der Waals surface area contributed by atoms with Crippen molar-refractivity contribution in [2.45, 2.75) is 13.8 Å². The zero-order valence-electron chi connectivity index (χ0n) is 11.1. The molecule has 2 aromatic heterocycles. The fourth-order valence-electron chi connectivity index (χ4n) is 2.27. The third-order valence-corrected chi connectivity index (χ3v) is 3.61. The Morgan fingerprint density at radius 3 is 2.65 bits per heavy atom. The Morgan fingerprint density at radius 1 is 1.20 bits per heavy atom. The summed E-state index contributed by atoms with van der Waals surface area (Å²) in [7, 11) is 0. The van der Waals surface area contributed by atoms with Crippen molar-refractivity contribution in [2.75, 3.05) is 5.73 Å². The van der Waals surface area contributed by atoms with Crippen molar-refractivity contribution < 1.29 is 8.94 Å². The molecule has 0 aliphatic carbocycles. The normalized spacial score (nSPS) is 10.9. The van der Waals surface area contributed by atoms with Crippen LogP contribution in [0.25, 0.3) is 22.5 Å². The predicted molar refractivity (Wildman–Crippen MR) is 81.2 cm³/mol. The number of anilines is 1. The Kier molecular flexibility index (Phi) is 3.14. The highest BCUT2D eigenvalue weighted by Gasteiger charge is 2.21. The number of nitrogens with two attached hydrogens (primary N) is 1. The largest absolute Gasteiger partial charge is 0.466 e. The molecular formula is C15H13BrN2O2. The maximum absolute atomic E-state index is 5.97. The first kappa shape index (κ1) is 13.0. The van der Waals surface area contributed by atoms with E-state index in [-0.39, 0.29) is 0 Å². The zero-order valence-corrected chi connectivity index (χ0v) is 12.7. The summed E-state index contributed by atoms with van der Waals surface area (Å²) in [5.41, 5.74) is 8.58. The Labute approximate surface area is 124 Å². The van der Waals surface area contributed by atoms with Crippen molar-refractivity contribution in [3.05, 3.63) is 46.3 Å². The van der Waals surface area contributed by atoms with E-state index in [0.29, 0.717) is 11.6 Å². The number of rotatable bonds is 2. The van der Waals surface area contributed by atoms with Crippen molar-refractivity contribution >= 4 is 21.7 Å². The molecule has 0 amide bonds. The van der Waals surface area contributed by atoms with Crippen molar-refractivity contribution in [2.24, 2.45) is 0 Å². The van der Waals surface area contributed by atoms with Gasteiger partial charge in [0, 0.05) is 4.47 Å². The molecule has 2 heterocycles. The minimum Gasteiger partial charge on any atom is -0.466 e. The summed E-state index contributed by atoms with van der Waals surface area (Å²) in [4.78, 5) is 0. The topological polar surface area (TPSA) is 65.2 Å². The highest BCUT2D eigenvalue weighted by molar-refractivity contribution is 9.10. The average molecular weight is 333 g/mol. The number of aryl methyl sites for hydroxylation is 2. The van der Waals surface area contributed by atoms with Gasteiger partial charge in [-0.3, -0.25) is 0 Å². The van der Waals surface area contributed by atoms with Crippen molar-refractivity contribution in [1.82, 2.24) is 5.16 Å². The zero-order chi connectivity index (χ0) is 14.3. The van der Waals surface area contributed by atoms with Gasteiger partial charge in [-0.15, -0.1) is 0 Å². The second-order valence-electron chi connectivity index (χ2n) is 4.61. The molecule has 20 heavy (non-hydrogen) atoms. The fourth-order valence-corrected chi connectivity index (χ4v) is 2.66. The SMILES string of the molecule is Cc1cc(-c2onc(N)c2-c2cccc(Br)c2)c(C)o1. The highest BCUT2D eigenvalue weighted by Crippen LogP contribution is 2.39. The van der Waals surface area contributed by atoms with Crippen LogP contribution < -0.4 is 5.73 Å². The molecule has 0 spiro atoms.